The van der Waals surface area contributed by atoms with Crippen LogP contribution in [0.1, 0.15) is 15.4 Å². The maximum Gasteiger partial charge on any atom is 0.287 e. The number of hydrogen-bond donors (Lipinski definition) is 2. The van der Waals surface area contributed by atoms with Crippen molar-refractivity contribution in [3.8, 4) is 0 Å². The van der Waals surface area contributed by atoms with Gasteiger partial charge in [-0.25, -0.2) is 10.5 Å². The number of thiophene rings is 1. The minimum absolute atomic E-state index is 0.191. The summed E-state index contributed by atoms with van der Waals surface area (Å²) < 4.78 is 7.02. The molecule has 0 unspecified atom stereocenters. The molecule has 0 spiro atoms. The lowest BCUT2D eigenvalue weighted by atomic mass is 10.4. The van der Waals surface area contributed by atoms with Gasteiger partial charge in [-0.1, -0.05) is 11.3 Å². The van der Waals surface area contributed by atoms with Crippen LogP contribution in [-0.4, -0.2) is 27.5 Å². The number of hydrazine groups is 1. The van der Waals surface area contributed by atoms with E-state index >= 15 is 0 Å². The molecule has 7 nitrogen and oxygen atoms in total. The first-order valence-electron chi connectivity index (χ1n) is 5.31. The third-order valence-electron chi connectivity index (χ3n) is 2.19. The molecule has 2 rings (SSSR count). The predicted octanol–water partition coefficient (Wildman–Crippen LogP) is 0.160. The number of carbonyl (C=O) groups excluding carboxylic acids is 1. The summed E-state index contributed by atoms with van der Waals surface area (Å²) in [5.41, 5.74) is 2.19. The first-order chi connectivity index (χ1) is 8.79. The summed E-state index contributed by atoms with van der Waals surface area (Å²) in [6.45, 7) is 1.63. The average molecular weight is 267 g/mol. The molecule has 2 aromatic heterocycles. The molecule has 0 aliphatic heterocycles. The molecule has 8 heteroatoms. The number of amides is 1. The number of rotatable bonds is 6. The van der Waals surface area contributed by atoms with Gasteiger partial charge in [0.05, 0.1) is 26.0 Å². The van der Waals surface area contributed by atoms with Crippen molar-refractivity contribution in [2.24, 2.45) is 5.84 Å². The zero-order chi connectivity index (χ0) is 12.8. The Morgan fingerprint density at radius 3 is 3.22 bits per heavy atom. The van der Waals surface area contributed by atoms with E-state index in [2.05, 4.69) is 10.3 Å². The molecule has 96 valence electrons. The van der Waals surface area contributed by atoms with Gasteiger partial charge in [0.2, 0.25) is 0 Å². The first-order valence-corrected chi connectivity index (χ1v) is 6.19. The predicted molar refractivity (Wildman–Crippen MR) is 65.7 cm³/mol. The summed E-state index contributed by atoms with van der Waals surface area (Å²) in [5, 5.41) is 9.48. The maximum absolute atomic E-state index is 11.1. The second-order valence-electron chi connectivity index (χ2n) is 3.47. The number of hydrogen-bond acceptors (Lipinski definition) is 6. The molecule has 0 aliphatic carbocycles. The Kier molecular flexibility index (Phi) is 4.40. The van der Waals surface area contributed by atoms with Crippen LogP contribution in [0, 0.1) is 0 Å². The van der Waals surface area contributed by atoms with E-state index in [4.69, 9.17) is 10.6 Å². The summed E-state index contributed by atoms with van der Waals surface area (Å²) in [5.74, 6) is 4.53. The van der Waals surface area contributed by atoms with E-state index in [1.165, 1.54) is 11.1 Å². The lowest BCUT2D eigenvalue weighted by molar-refractivity contribution is 0.0948. The molecule has 0 aliphatic rings. The summed E-state index contributed by atoms with van der Waals surface area (Å²) in [6, 6.07) is 4.00. The van der Waals surface area contributed by atoms with Crippen LogP contribution in [0.2, 0.25) is 0 Å². The lowest BCUT2D eigenvalue weighted by Crippen LogP contribution is -2.30. The third kappa shape index (κ3) is 3.36. The molecule has 0 saturated carbocycles. The Balaban J connectivity index is 1.73. The van der Waals surface area contributed by atoms with E-state index in [9.17, 15) is 4.79 Å². The second kappa shape index (κ2) is 6.24. The maximum atomic E-state index is 11.1. The van der Waals surface area contributed by atoms with E-state index in [0.717, 1.165) is 0 Å². The standard InChI is InChI=1S/C10H13N5O2S/c11-12-10(16)9-6-15(14-13-9)3-4-17-7-8-2-1-5-18-8/h1-2,5-6H,3-4,7,11H2,(H,12,16). The zero-order valence-electron chi connectivity index (χ0n) is 9.57. The number of ether oxygens (including phenoxy) is 1. The van der Waals surface area contributed by atoms with Crippen molar-refractivity contribution in [3.63, 3.8) is 0 Å². The van der Waals surface area contributed by atoms with Crippen molar-refractivity contribution in [1.82, 2.24) is 20.4 Å². The highest BCUT2D eigenvalue weighted by molar-refractivity contribution is 7.09. The lowest BCUT2D eigenvalue weighted by Gasteiger charge is -2.01. The number of nitrogens with one attached hydrogen (secondary N) is 1. The van der Waals surface area contributed by atoms with E-state index in [1.54, 1.807) is 16.0 Å². The van der Waals surface area contributed by atoms with Crippen LogP contribution in [0.4, 0.5) is 0 Å². The average Bonchev–Trinajstić information content (AvgIpc) is 3.05. The molecule has 0 radical (unpaired) electrons. The van der Waals surface area contributed by atoms with Gasteiger partial charge < -0.3 is 4.74 Å². The molecule has 0 bridgehead atoms. The van der Waals surface area contributed by atoms with E-state index in [1.807, 2.05) is 22.9 Å². The van der Waals surface area contributed by atoms with Gasteiger partial charge in [-0.2, -0.15) is 0 Å². The Labute approximate surface area is 108 Å². The van der Waals surface area contributed by atoms with Crippen molar-refractivity contribution in [2.45, 2.75) is 13.2 Å². The number of nitrogens with zero attached hydrogens (tertiary/aromatic N) is 3. The topological polar surface area (TPSA) is 95.1 Å². The van der Waals surface area contributed by atoms with E-state index in [0.29, 0.717) is 19.8 Å². The van der Waals surface area contributed by atoms with Gasteiger partial charge in [-0.15, -0.1) is 16.4 Å². The molecule has 0 atom stereocenters. The van der Waals surface area contributed by atoms with Crippen molar-refractivity contribution < 1.29 is 9.53 Å². The monoisotopic (exact) mass is 267 g/mol. The van der Waals surface area contributed by atoms with Crippen LogP contribution in [0.3, 0.4) is 0 Å². The number of carbonyl (C=O) groups is 1. The fourth-order valence-corrected chi connectivity index (χ4v) is 1.95. The fourth-order valence-electron chi connectivity index (χ4n) is 1.31. The Morgan fingerprint density at radius 2 is 2.50 bits per heavy atom. The molecule has 0 fully saturated rings. The van der Waals surface area contributed by atoms with Gasteiger partial charge in [0.1, 0.15) is 0 Å². The molecule has 1 amide bonds. The quantitative estimate of drug-likeness (QED) is 0.336. The Hall–Kier alpha value is -1.77. The molecule has 0 aromatic carbocycles. The summed E-state index contributed by atoms with van der Waals surface area (Å²) in [4.78, 5) is 12.3. The molecular weight excluding hydrogens is 254 g/mol. The first kappa shape index (κ1) is 12.7. The largest absolute Gasteiger partial charge is 0.374 e. The smallest absolute Gasteiger partial charge is 0.287 e. The highest BCUT2D eigenvalue weighted by Gasteiger charge is 2.08. The third-order valence-corrected chi connectivity index (χ3v) is 3.04. The molecule has 2 heterocycles. The van der Waals surface area contributed by atoms with Gasteiger partial charge in [0, 0.05) is 4.88 Å². The number of aromatic nitrogens is 3. The van der Waals surface area contributed by atoms with E-state index in [-0.39, 0.29) is 5.69 Å². The van der Waals surface area contributed by atoms with Crippen LogP contribution in [0.25, 0.3) is 0 Å². The van der Waals surface area contributed by atoms with Gasteiger partial charge in [0.25, 0.3) is 5.91 Å². The van der Waals surface area contributed by atoms with Gasteiger partial charge in [0.15, 0.2) is 5.69 Å². The Morgan fingerprint density at radius 1 is 1.61 bits per heavy atom. The van der Waals surface area contributed by atoms with Crippen LogP contribution in [0.5, 0.6) is 0 Å². The minimum Gasteiger partial charge on any atom is -0.374 e. The van der Waals surface area contributed by atoms with Gasteiger partial charge in [-0.05, 0) is 11.4 Å². The van der Waals surface area contributed by atoms with Crippen LogP contribution >= 0.6 is 11.3 Å². The van der Waals surface area contributed by atoms with Crippen molar-refractivity contribution >= 4 is 17.2 Å². The number of nitrogen functional groups attached to an aromatic ring is 1. The fraction of sp³-hybridized carbons (Fsp3) is 0.300. The summed E-state index contributed by atoms with van der Waals surface area (Å²) in [6.07, 6.45) is 1.52. The SMILES string of the molecule is NNC(=O)c1cn(CCOCc2cccs2)nn1. The van der Waals surface area contributed by atoms with Gasteiger partial charge in [-0.3, -0.25) is 10.2 Å². The highest BCUT2D eigenvalue weighted by atomic mass is 32.1. The molecular formula is C10H13N5O2S. The summed E-state index contributed by atoms with van der Waals surface area (Å²) in [7, 11) is 0. The van der Waals surface area contributed by atoms with Crippen molar-refractivity contribution in [2.75, 3.05) is 6.61 Å². The minimum atomic E-state index is -0.458. The Bertz CT molecular complexity index is 496. The highest BCUT2D eigenvalue weighted by Crippen LogP contribution is 2.09. The molecule has 3 N–H and O–H groups in total. The second-order valence-corrected chi connectivity index (χ2v) is 4.50. The van der Waals surface area contributed by atoms with Crippen LogP contribution in [-0.2, 0) is 17.9 Å². The summed E-state index contributed by atoms with van der Waals surface area (Å²) >= 11 is 1.65. The molecule has 0 saturated heterocycles. The molecule has 18 heavy (non-hydrogen) atoms. The van der Waals surface area contributed by atoms with Crippen LogP contribution < -0.4 is 11.3 Å². The number of nitrogens with two attached hydrogens (primary N) is 1. The van der Waals surface area contributed by atoms with Crippen molar-refractivity contribution in [3.05, 3.63) is 34.3 Å². The van der Waals surface area contributed by atoms with E-state index < -0.39 is 5.91 Å². The van der Waals surface area contributed by atoms with Crippen molar-refractivity contribution in [1.29, 1.82) is 0 Å². The zero-order valence-corrected chi connectivity index (χ0v) is 10.4. The molecule has 2 aromatic rings. The van der Waals surface area contributed by atoms with Gasteiger partial charge >= 0.3 is 0 Å². The van der Waals surface area contributed by atoms with Crippen LogP contribution in [0.15, 0.2) is 23.7 Å². The normalized spacial score (nSPS) is 10.5.